The molecule has 2 aromatic heterocycles. The maximum Gasteiger partial charge on any atom is 0.216 e. The Hall–Kier alpha value is -2.68. The first kappa shape index (κ1) is 14.9. The average molecular weight is 320 g/mol. The number of halogens is 1. The highest BCUT2D eigenvalue weighted by Gasteiger charge is 2.21. The molecule has 24 heavy (non-hydrogen) atoms. The molecule has 0 aliphatic heterocycles. The Morgan fingerprint density at radius 3 is 2.33 bits per heavy atom. The monoisotopic (exact) mass is 320 g/mol. The molecule has 0 unspecified atom stereocenters. The van der Waals surface area contributed by atoms with E-state index in [0.29, 0.717) is 11.1 Å². The van der Waals surface area contributed by atoms with Crippen molar-refractivity contribution in [2.24, 2.45) is 7.05 Å². The number of benzene rings is 2. The maximum absolute atomic E-state index is 13.9. The summed E-state index contributed by atoms with van der Waals surface area (Å²) in [6, 6.07) is 11.7. The summed E-state index contributed by atoms with van der Waals surface area (Å²) >= 11 is 0. The van der Waals surface area contributed by atoms with Crippen molar-refractivity contribution in [1.82, 2.24) is 0 Å². The number of hydrogen-bond acceptors (Lipinski definition) is 1. The second kappa shape index (κ2) is 5.17. The SMILES string of the molecule is Cc1ccc(-c2c(C)ccc3c2oc2c(C)c(F)ccc23)[n+](C)c1. The molecule has 4 aromatic rings. The fourth-order valence-corrected chi connectivity index (χ4v) is 3.44. The topological polar surface area (TPSA) is 17.0 Å². The third-order valence-electron chi connectivity index (χ3n) is 4.74. The average Bonchev–Trinajstić information content (AvgIpc) is 2.91. The second-order valence-corrected chi connectivity index (χ2v) is 6.49. The first-order valence-electron chi connectivity index (χ1n) is 8.05. The van der Waals surface area contributed by atoms with Gasteiger partial charge in [0, 0.05) is 28.0 Å². The molecule has 0 bridgehead atoms. The molecular weight excluding hydrogens is 301 g/mol. The van der Waals surface area contributed by atoms with E-state index in [2.05, 4.69) is 48.9 Å². The minimum absolute atomic E-state index is 0.235. The van der Waals surface area contributed by atoms with Gasteiger partial charge in [0.15, 0.2) is 6.20 Å². The summed E-state index contributed by atoms with van der Waals surface area (Å²) in [4.78, 5) is 0. The van der Waals surface area contributed by atoms with Gasteiger partial charge in [-0.25, -0.2) is 8.96 Å². The lowest BCUT2D eigenvalue weighted by Crippen LogP contribution is -2.31. The van der Waals surface area contributed by atoms with Crippen LogP contribution in [0.5, 0.6) is 0 Å². The van der Waals surface area contributed by atoms with Crippen molar-refractivity contribution in [3.8, 4) is 11.3 Å². The Bertz CT molecular complexity index is 1110. The van der Waals surface area contributed by atoms with E-state index in [0.717, 1.165) is 33.2 Å². The zero-order valence-electron chi connectivity index (χ0n) is 14.3. The van der Waals surface area contributed by atoms with Crippen LogP contribution in [0.1, 0.15) is 16.7 Å². The fourth-order valence-electron chi connectivity index (χ4n) is 3.44. The molecule has 0 saturated carbocycles. The third-order valence-corrected chi connectivity index (χ3v) is 4.74. The fraction of sp³-hybridized carbons (Fsp3) is 0.190. The van der Waals surface area contributed by atoms with Crippen LogP contribution in [0.3, 0.4) is 0 Å². The molecule has 2 aromatic carbocycles. The van der Waals surface area contributed by atoms with E-state index >= 15 is 0 Å². The van der Waals surface area contributed by atoms with Crippen LogP contribution in [0.25, 0.3) is 33.2 Å². The summed E-state index contributed by atoms with van der Waals surface area (Å²) in [7, 11) is 2.04. The Labute approximate surface area is 140 Å². The molecule has 0 N–H and O–H groups in total. The molecule has 0 aliphatic rings. The van der Waals surface area contributed by atoms with Crippen molar-refractivity contribution in [2.45, 2.75) is 20.8 Å². The summed E-state index contributed by atoms with van der Waals surface area (Å²) in [6.07, 6.45) is 2.10. The van der Waals surface area contributed by atoms with Gasteiger partial charge in [-0.1, -0.05) is 12.1 Å². The van der Waals surface area contributed by atoms with Crippen LogP contribution in [0.2, 0.25) is 0 Å². The quantitative estimate of drug-likeness (QED) is 0.444. The van der Waals surface area contributed by atoms with Gasteiger partial charge < -0.3 is 4.42 Å². The highest BCUT2D eigenvalue weighted by Crippen LogP contribution is 2.38. The summed E-state index contributed by atoms with van der Waals surface area (Å²) in [6.45, 7) is 5.91. The van der Waals surface area contributed by atoms with Crippen LogP contribution in [-0.2, 0) is 7.05 Å². The molecule has 0 spiro atoms. The van der Waals surface area contributed by atoms with Crippen LogP contribution >= 0.6 is 0 Å². The lowest BCUT2D eigenvalue weighted by atomic mass is 10.00. The van der Waals surface area contributed by atoms with E-state index < -0.39 is 0 Å². The molecule has 0 radical (unpaired) electrons. The Morgan fingerprint density at radius 2 is 1.58 bits per heavy atom. The van der Waals surface area contributed by atoms with Gasteiger partial charge in [-0.3, -0.25) is 0 Å². The Balaban J connectivity index is 2.15. The van der Waals surface area contributed by atoms with Crippen molar-refractivity contribution < 1.29 is 13.4 Å². The van der Waals surface area contributed by atoms with Crippen molar-refractivity contribution in [3.63, 3.8) is 0 Å². The molecule has 0 aliphatic carbocycles. The number of nitrogens with zero attached hydrogens (tertiary/aromatic N) is 1. The second-order valence-electron chi connectivity index (χ2n) is 6.49. The van der Waals surface area contributed by atoms with E-state index in [1.165, 1.54) is 11.6 Å². The normalized spacial score (nSPS) is 11.5. The zero-order valence-corrected chi connectivity index (χ0v) is 14.3. The van der Waals surface area contributed by atoms with Gasteiger partial charge in [0.2, 0.25) is 5.69 Å². The van der Waals surface area contributed by atoms with E-state index in [1.54, 1.807) is 13.0 Å². The Kier molecular flexibility index (Phi) is 3.20. The van der Waals surface area contributed by atoms with E-state index in [4.69, 9.17) is 4.42 Å². The lowest BCUT2D eigenvalue weighted by molar-refractivity contribution is -0.660. The number of aryl methyl sites for hydroxylation is 4. The van der Waals surface area contributed by atoms with Crippen molar-refractivity contribution in [1.29, 1.82) is 0 Å². The lowest BCUT2D eigenvalue weighted by Gasteiger charge is -2.05. The molecule has 0 fully saturated rings. The smallest absolute Gasteiger partial charge is 0.216 e. The molecule has 2 heterocycles. The summed E-state index contributed by atoms with van der Waals surface area (Å²) in [5.74, 6) is -0.235. The largest absolute Gasteiger partial charge is 0.455 e. The van der Waals surface area contributed by atoms with Crippen LogP contribution < -0.4 is 4.57 Å². The predicted molar refractivity (Wildman–Crippen MR) is 94.5 cm³/mol. The molecule has 2 nitrogen and oxygen atoms in total. The molecule has 0 amide bonds. The van der Waals surface area contributed by atoms with Gasteiger partial charge >= 0.3 is 0 Å². The number of rotatable bonds is 1. The van der Waals surface area contributed by atoms with Gasteiger partial charge in [-0.2, -0.15) is 0 Å². The molecule has 0 saturated heterocycles. The third kappa shape index (κ3) is 2.04. The standard InChI is InChI=1S/C21H19FNO/c1-12-5-10-18(23(4)11-12)19-13(2)6-7-16-15-8-9-17(22)14(3)20(15)24-21(16)19/h5-11H,1-4H3/q+1. The number of aromatic nitrogens is 1. The van der Waals surface area contributed by atoms with E-state index in [9.17, 15) is 4.39 Å². The predicted octanol–water partition coefficient (Wildman–Crippen LogP) is 5.14. The van der Waals surface area contributed by atoms with Crippen LogP contribution in [-0.4, -0.2) is 0 Å². The zero-order chi connectivity index (χ0) is 17.0. The molecular formula is C21H19FNO+. The number of pyridine rings is 1. The molecule has 0 atom stereocenters. The van der Waals surface area contributed by atoms with Crippen LogP contribution in [0, 0.1) is 26.6 Å². The first-order chi connectivity index (χ1) is 11.5. The van der Waals surface area contributed by atoms with Gasteiger partial charge in [0.25, 0.3) is 0 Å². The summed E-state index contributed by atoms with van der Waals surface area (Å²) < 4.78 is 22.2. The number of furan rings is 1. The summed E-state index contributed by atoms with van der Waals surface area (Å²) in [5, 5.41) is 1.98. The maximum atomic E-state index is 13.9. The van der Waals surface area contributed by atoms with Crippen molar-refractivity contribution >= 4 is 21.9 Å². The van der Waals surface area contributed by atoms with Crippen molar-refractivity contribution in [3.05, 3.63) is 65.1 Å². The first-order valence-corrected chi connectivity index (χ1v) is 8.05. The highest BCUT2D eigenvalue weighted by atomic mass is 19.1. The van der Waals surface area contributed by atoms with Gasteiger partial charge in [0.1, 0.15) is 24.0 Å². The molecule has 120 valence electrons. The highest BCUT2D eigenvalue weighted by molar-refractivity contribution is 6.10. The van der Waals surface area contributed by atoms with Crippen LogP contribution in [0.4, 0.5) is 4.39 Å². The van der Waals surface area contributed by atoms with Crippen molar-refractivity contribution in [2.75, 3.05) is 0 Å². The number of hydrogen-bond donors (Lipinski definition) is 0. The molecule has 3 heteroatoms. The van der Waals surface area contributed by atoms with E-state index in [-0.39, 0.29) is 5.82 Å². The minimum Gasteiger partial charge on any atom is -0.455 e. The van der Waals surface area contributed by atoms with Gasteiger partial charge in [0.05, 0.1) is 5.56 Å². The Morgan fingerprint density at radius 1 is 0.875 bits per heavy atom. The van der Waals surface area contributed by atoms with Gasteiger partial charge in [-0.15, -0.1) is 0 Å². The molecule has 4 rings (SSSR count). The minimum atomic E-state index is -0.235. The van der Waals surface area contributed by atoms with E-state index in [1.807, 2.05) is 7.05 Å². The van der Waals surface area contributed by atoms with Crippen LogP contribution in [0.15, 0.2) is 47.0 Å². The summed E-state index contributed by atoms with van der Waals surface area (Å²) in [5.41, 5.74) is 6.49. The number of fused-ring (bicyclic) bond motifs is 3. The van der Waals surface area contributed by atoms with Gasteiger partial charge in [-0.05, 0) is 44.5 Å².